The number of carbonyl (C=O) groups is 1. The van der Waals surface area contributed by atoms with Crippen LogP contribution < -0.4 is 9.47 Å². The number of fused-ring (bicyclic) bond motifs is 3. The topological polar surface area (TPSA) is 35.5 Å². The molecule has 2 aliphatic heterocycles. The van der Waals surface area contributed by atoms with E-state index in [0.29, 0.717) is 36.4 Å². The number of ether oxygens (including phenoxy) is 2. The van der Waals surface area contributed by atoms with Gasteiger partial charge in [-0.2, -0.15) is 11.8 Å². The zero-order valence-corrected chi connectivity index (χ0v) is 12.4. The second-order valence-corrected chi connectivity index (χ2v) is 6.77. The molecule has 3 rings (SSSR count). The lowest BCUT2D eigenvalue weighted by atomic mass is 9.99. The van der Waals surface area contributed by atoms with Crippen LogP contribution in [0.1, 0.15) is 29.3 Å². The van der Waals surface area contributed by atoms with Crippen molar-refractivity contribution < 1.29 is 14.3 Å². The van der Waals surface area contributed by atoms with Gasteiger partial charge >= 0.3 is 0 Å². The van der Waals surface area contributed by atoms with Gasteiger partial charge in [0.05, 0.1) is 5.56 Å². The number of rotatable bonds is 0. The molecule has 5 heteroatoms. The summed E-state index contributed by atoms with van der Waals surface area (Å²) in [5, 5.41) is 0.344. The van der Waals surface area contributed by atoms with Gasteiger partial charge < -0.3 is 9.47 Å². The number of Topliss-reactive ketones (excluding diaryl/α,β-unsaturated/α-hetero) is 1. The van der Waals surface area contributed by atoms with E-state index in [2.05, 4.69) is 22.9 Å². The summed E-state index contributed by atoms with van der Waals surface area (Å²) in [6.45, 7) is 3.14. The first-order valence-electron chi connectivity index (χ1n) is 5.92. The fourth-order valence-corrected chi connectivity index (χ4v) is 4.03. The lowest BCUT2D eigenvalue weighted by Crippen LogP contribution is -2.19. The molecule has 1 aromatic carbocycles. The SMILES string of the molecule is CC1CC(=O)c2c(c(Br)cc3c2OCCO3)CS1. The molecule has 0 saturated heterocycles. The normalized spacial score (nSPS) is 22.3. The zero-order chi connectivity index (χ0) is 12.7. The third-order valence-electron chi connectivity index (χ3n) is 3.15. The van der Waals surface area contributed by atoms with Crippen molar-refractivity contribution in [2.24, 2.45) is 0 Å². The number of thioether (sulfide) groups is 1. The number of hydrogen-bond acceptors (Lipinski definition) is 4. The van der Waals surface area contributed by atoms with Gasteiger partial charge in [-0.3, -0.25) is 4.79 Å². The molecule has 0 radical (unpaired) electrons. The van der Waals surface area contributed by atoms with Crippen molar-refractivity contribution in [3.63, 3.8) is 0 Å². The average molecular weight is 329 g/mol. The zero-order valence-electron chi connectivity index (χ0n) is 9.99. The summed E-state index contributed by atoms with van der Waals surface area (Å²) in [6.07, 6.45) is 0.559. The summed E-state index contributed by atoms with van der Waals surface area (Å²) >= 11 is 5.35. The van der Waals surface area contributed by atoms with Crippen LogP contribution in [0.5, 0.6) is 11.5 Å². The minimum absolute atomic E-state index is 0.158. The van der Waals surface area contributed by atoms with E-state index in [9.17, 15) is 4.79 Å². The molecule has 0 fully saturated rings. The Balaban J connectivity index is 2.19. The minimum atomic E-state index is 0.158. The standard InChI is InChI=1S/C13H13BrO3S/c1-7-4-10(15)12-8(6-18-7)9(14)5-11-13(12)17-3-2-16-11/h5,7H,2-4,6H2,1H3. The van der Waals surface area contributed by atoms with E-state index < -0.39 is 0 Å². The molecule has 2 heterocycles. The maximum absolute atomic E-state index is 12.4. The smallest absolute Gasteiger partial charge is 0.172 e. The van der Waals surface area contributed by atoms with Gasteiger partial charge in [0.1, 0.15) is 13.2 Å². The van der Waals surface area contributed by atoms with Crippen LogP contribution in [0.2, 0.25) is 0 Å². The van der Waals surface area contributed by atoms with E-state index in [1.54, 1.807) is 11.8 Å². The number of benzene rings is 1. The van der Waals surface area contributed by atoms with Gasteiger partial charge in [-0.15, -0.1) is 0 Å². The van der Waals surface area contributed by atoms with E-state index in [1.807, 2.05) is 6.07 Å². The number of hydrogen-bond donors (Lipinski definition) is 0. The first-order valence-corrected chi connectivity index (χ1v) is 7.76. The van der Waals surface area contributed by atoms with Gasteiger partial charge in [0, 0.05) is 21.9 Å². The molecule has 0 aromatic heterocycles. The molecule has 96 valence electrons. The van der Waals surface area contributed by atoms with Crippen molar-refractivity contribution in [2.75, 3.05) is 13.2 Å². The molecule has 2 aliphatic rings. The number of carbonyl (C=O) groups excluding carboxylic acids is 1. The van der Waals surface area contributed by atoms with Crippen LogP contribution in [0.3, 0.4) is 0 Å². The fraction of sp³-hybridized carbons (Fsp3) is 0.462. The molecule has 0 aliphatic carbocycles. The second kappa shape index (κ2) is 4.78. The Kier molecular flexibility index (Phi) is 3.28. The van der Waals surface area contributed by atoms with E-state index in [-0.39, 0.29) is 5.78 Å². The van der Waals surface area contributed by atoms with Crippen molar-refractivity contribution in [2.45, 2.75) is 24.3 Å². The Morgan fingerprint density at radius 1 is 1.39 bits per heavy atom. The molecular formula is C13H13BrO3S. The highest BCUT2D eigenvalue weighted by Gasteiger charge is 2.29. The summed E-state index contributed by atoms with van der Waals surface area (Å²) in [6, 6.07) is 1.91. The third-order valence-corrected chi connectivity index (χ3v) is 5.05. The maximum atomic E-state index is 12.4. The molecule has 0 amide bonds. The molecule has 1 aromatic rings. The van der Waals surface area contributed by atoms with Gasteiger partial charge in [-0.05, 0) is 11.6 Å². The molecule has 0 N–H and O–H groups in total. The highest BCUT2D eigenvalue weighted by atomic mass is 79.9. The molecule has 0 bridgehead atoms. The fourth-order valence-electron chi connectivity index (χ4n) is 2.28. The highest BCUT2D eigenvalue weighted by molar-refractivity contribution is 9.10. The van der Waals surface area contributed by atoms with Gasteiger partial charge in [-0.1, -0.05) is 22.9 Å². The van der Waals surface area contributed by atoms with Crippen LogP contribution in [0.4, 0.5) is 0 Å². The van der Waals surface area contributed by atoms with Crippen molar-refractivity contribution in [1.82, 2.24) is 0 Å². The Bertz CT molecular complexity index is 515. The number of ketones is 1. The molecule has 1 unspecified atom stereocenters. The van der Waals surface area contributed by atoms with Crippen LogP contribution >= 0.6 is 27.7 Å². The quantitative estimate of drug-likeness (QED) is 0.731. The van der Waals surface area contributed by atoms with Gasteiger partial charge in [0.2, 0.25) is 0 Å². The Morgan fingerprint density at radius 2 is 2.17 bits per heavy atom. The Labute approximate surface area is 118 Å². The molecular weight excluding hydrogens is 316 g/mol. The van der Waals surface area contributed by atoms with Crippen molar-refractivity contribution in [3.8, 4) is 11.5 Å². The van der Waals surface area contributed by atoms with Crippen molar-refractivity contribution >= 4 is 33.5 Å². The molecule has 18 heavy (non-hydrogen) atoms. The maximum Gasteiger partial charge on any atom is 0.172 e. The molecule has 0 saturated carbocycles. The lowest BCUT2D eigenvalue weighted by molar-refractivity contribution is 0.0972. The summed E-state index contributed by atoms with van der Waals surface area (Å²) < 4.78 is 12.2. The Morgan fingerprint density at radius 3 is 3.00 bits per heavy atom. The van der Waals surface area contributed by atoms with Crippen LogP contribution in [0.15, 0.2) is 10.5 Å². The van der Waals surface area contributed by atoms with Gasteiger partial charge in [0.25, 0.3) is 0 Å². The van der Waals surface area contributed by atoms with Crippen molar-refractivity contribution in [3.05, 3.63) is 21.7 Å². The van der Waals surface area contributed by atoms with E-state index in [4.69, 9.17) is 9.47 Å². The minimum Gasteiger partial charge on any atom is -0.486 e. The predicted octanol–water partition coefficient (Wildman–Crippen LogP) is 3.43. The molecule has 3 nitrogen and oxygen atoms in total. The largest absolute Gasteiger partial charge is 0.486 e. The summed E-state index contributed by atoms with van der Waals surface area (Å²) in [7, 11) is 0. The predicted molar refractivity (Wildman–Crippen MR) is 74.8 cm³/mol. The average Bonchev–Trinajstić information content (AvgIpc) is 2.49. The monoisotopic (exact) mass is 328 g/mol. The van der Waals surface area contributed by atoms with E-state index >= 15 is 0 Å². The highest BCUT2D eigenvalue weighted by Crippen LogP contribution is 2.44. The summed E-state index contributed by atoms with van der Waals surface area (Å²) in [4.78, 5) is 12.4. The first-order chi connectivity index (χ1) is 8.66. The first kappa shape index (κ1) is 12.4. The molecule has 0 spiro atoms. The van der Waals surface area contributed by atoms with Gasteiger partial charge in [-0.25, -0.2) is 0 Å². The molecule has 1 atom stereocenters. The van der Waals surface area contributed by atoms with Crippen LogP contribution in [-0.4, -0.2) is 24.2 Å². The van der Waals surface area contributed by atoms with Crippen LogP contribution in [-0.2, 0) is 5.75 Å². The Hall–Kier alpha value is -0.680. The lowest BCUT2D eigenvalue weighted by Gasteiger charge is -2.22. The van der Waals surface area contributed by atoms with E-state index in [1.165, 1.54) is 0 Å². The van der Waals surface area contributed by atoms with E-state index in [0.717, 1.165) is 21.4 Å². The second-order valence-electron chi connectivity index (χ2n) is 4.49. The number of halogens is 1. The third kappa shape index (κ3) is 2.03. The van der Waals surface area contributed by atoms with Crippen molar-refractivity contribution in [1.29, 1.82) is 0 Å². The van der Waals surface area contributed by atoms with Gasteiger partial charge in [0.15, 0.2) is 17.3 Å². The summed E-state index contributed by atoms with van der Waals surface area (Å²) in [5.74, 6) is 2.31. The van der Waals surface area contributed by atoms with Crippen LogP contribution in [0.25, 0.3) is 0 Å². The van der Waals surface area contributed by atoms with Crippen LogP contribution in [0, 0.1) is 0 Å². The summed E-state index contributed by atoms with van der Waals surface area (Å²) in [5.41, 5.74) is 1.76.